The maximum Gasteiger partial charge on any atom is 0.161 e. The molecule has 0 amide bonds. The van der Waals surface area contributed by atoms with Crippen molar-refractivity contribution in [1.82, 2.24) is 9.97 Å². The molecule has 252 valence electrons. The molecule has 0 radical (unpaired) electrons. The lowest BCUT2D eigenvalue weighted by Gasteiger charge is -2.16. The summed E-state index contributed by atoms with van der Waals surface area (Å²) in [5.74, 6) is 0.714. The lowest BCUT2D eigenvalue weighted by Crippen LogP contribution is -1.98. The zero-order chi connectivity index (χ0) is 35.6. The molecule has 3 aromatic heterocycles. The molecule has 11 rings (SSSR count). The monoisotopic (exact) mass is 722 g/mol. The van der Waals surface area contributed by atoms with Gasteiger partial charge in [-0.3, -0.25) is 0 Å². The predicted molar refractivity (Wildman–Crippen MR) is 232 cm³/mol. The lowest BCUT2D eigenvalue weighted by molar-refractivity contribution is 1.19. The third-order valence-corrected chi connectivity index (χ3v) is 13.0. The van der Waals surface area contributed by atoms with Gasteiger partial charge in [-0.2, -0.15) is 0 Å². The Kier molecular flexibility index (Phi) is 7.25. The van der Waals surface area contributed by atoms with E-state index in [2.05, 4.69) is 182 Å². The van der Waals surface area contributed by atoms with Gasteiger partial charge in [0.1, 0.15) is 0 Å². The number of rotatable bonds is 5. The number of hydrogen-bond donors (Lipinski definition) is 0. The summed E-state index contributed by atoms with van der Waals surface area (Å²) in [4.78, 5) is 10.8. The minimum absolute atomic E-state index is 0.714. The first-order valence-corrected chi connectivity index (χ1v) is 19.8. The largest absolute Gasteiger partial charge is 0.228 e. The molecule has 0 saturated carbocycles. The zero-order valence-corrected chi connectivity index (χ0v) is 30.7. The van der Waals surface area contributed by atoms with Crippen LogP contribution in [-0.2, 0) is 0 Å². The minimum Gasteiger partial charge on any atom is -0.228 e. The molecule has 54 heavy (non-hydrogen) atoms. The molecule has 0 unspecified atom stereocenters. The minimum atomic E-state index is 0.714. The average Bonchev–Trinajstić information content (AvgIpc) is 3.82. The number of nitrogens with zero attached hydrogens (tertiary/aromatic N) is 2. The molecular formula is C50H30N2S2. The summed E-state index contributed by atoms with van der Waals surface area (Å²) >= 11 is 3.73. The maximum absolute atomic E-state index is 5.49. The second kappa shape index (κ2) is 12.6. The second-order valence-corrected chi connectivity index (χ2v) is 15.8. The Hall–Kier alpha value is -6.46. The molecule has 0 bridgehead atoms. The molecule has 2 nitrogen and oxygen atoms in total. The first kappa shape index (κ1) is 31.1. The van der Waals surface area contributed by atoms with Crippen molar-refractivity contribution >= 4 is 73.8 Å². The van der Waals surface area contributed by atoms with Crippen LogP contribution in [-0.4, -0.2) is 9.97 Å². The number of benzene rings is 8. The SMILES string of the molecule is c1ccc(-c2cc(-c3cc(-c4cccc5c4sc4ccccc45)ccc3-c3cccc4c3sc3ccccc34)nc(-c3cccc4ccccc34)n2)cc1. The van der Waals surface area contributed by atoms with Crippen molar-refractivity contribution in [2.75, 3.05) is 0 Å². The Morgan fingerprint density at radius 1 is 0.315 bits per heavy atom. The topological polar surface area (TPSA) is 25.8 Å². The molecule has 8 aromatic carbocycles. The van der Waals surface area contributed by atoms with Crippen molar-refractivity contribution in [3.8, 4) is 56.2 Å². The third-order valence-electron chi connectivity index (χ3n) is 10.5. The van der Waals surface area contributed by atoms with Gasteiger partial charge in [0.2, 0.25) is 0 Å². The molecule has 0 aliphatic heterocycles. The molecule has 0 spiro atoms. The first-order valence-electron chi connectivity index (χ1n) is 18.2. The van der Waals surface area contributed by atoms with Gasteiger partial charge in [-0.05, 0) is 51.7 Å². The van der Waals surface area contributed by atoms with Gasteiger partial charge in [-0.15, -0.1) is 22.7 Å². The van der Waals surface area contributed by atoms with Crippen LogP contribution in [0.4, 0.5) is 0 Å². The molecule has 0 aliphatic carbocycles. The summed E-state index contributed by atoms with van der Waals surface area (Å²) in [7, 11) is 0. The number of fused-ring (bicyclic) bond motifs is 7. The van der Waals surface area contributed by atoms with Crippen LogP contribution in [0.3, 0.4) is 0 Å². The van der Waals surface area contributed by atoms with Crippen LogP contribution >= 0.6 is 22.7 Å². The Balaban J connectivity index is 1.22. The van der Waals surface area contributed by atoms with Crippen LogP contribution in [0, 0.1) is 0 Å². The molecule has 0 fully saturated rings. The van der Waals surface area contributed by atoms with E-state index in [1.165, 1.54) is 62.4 Å². The van der Waals surface area contributed by atoms with Crippen molar-refractivity contribution in [1.29, 1.82) is 0 Å². The summed E-state index contributed by atoms with van der Waals surface area (Å²) in [6.07, 6.45) is 0. The van der Waals surface area contributed by atoms with Crippen LogP contribution in [0.2, 0.25) is 0 Å². The molecule has 4 heteroatoms. The fourth-order valence-corrected chi connectivity index (χ4v) is 10.4. The van der Waals surface area contributed by atoms with Gasteiger partial charge < -0.3 is 0 Å². The highest BCUT2D eigenvalue weighted by atomic mass is 32.1. The fourth-order valence-electron chi connectivity index (χ4n) is 7.98. The van der Waals surface area contributed by atoms with E-state index in [1.807, 2.05) is 22.7 Å². The van der Waals surface area contributed by atoms with Gasteiger partial charge in [0.25, 0.3) is 0 Å². The van der Waals surface area contributed by atoms with Gasteiger partial charge >= 0.3 is 0 Å². The summed E-state index contributed by atoms with van der Waals surface area (Å²) in [6, 6.07) is 65.4. The Morgan fingerprint density at radius 2 is 0.870 bits per heavy atom. The van der Waals surface area contributed by atoms with Gasteiger partial charge in [0, 0.05) is 62.6 Å². The second-order valence-electron chi connectivity index (χ2n) is 13.7. The highest BCUT2D eigenvalue weighted by molar-refractivity contribution is 7.26. The van der Waals surface area contributed by atoms with Gasteiger partial charge in [-0.25, -0.2) is 9.97 Å². The van der Waals surface area contributed by atoms with E-state index in [0.717, 1.165) is 39.0 Å². The normalized spacial score (nSPS) is 11.7. The van der Waals surface area contributed by atoms with Gasteiger partial charge in [0.05, 0.1) is 11.4 Å². The van der Waals surface area contributed by atoms with E-state index in [4.69, 9.17) is 9.97 Å². The molecular weight excluding hydrogens is 693 g/mol. The fraction of sp³-hybridized carbons (Fsp3) is 0. The quantitative estimate of drug-likeness (QED) is 0.177. The van der Waals surface area contributed by atoms with Crippen LogP contribution in [0.25, 0.3) is 107 Å². The van der Waals surface area contributed by atoms with E-state index < -0.39 is 0 Å². The van der Waals surface area contributed by atoms with Crippen molar-refractivity contribution < 1.29 is 0 Å². The Bertz CT molecular complexity index is 3220. The zero-order valence-electron chi connectivity index (χ0n) is 29.0. The highest BCUT2D eigenvalue weighted by Crippen LogP contribution is 2.46. The summed E-state index contributed by atoms with van der Waals surface area (Å²) in [6.45, 7) is 0. The predicted octanol–water partition coefficient (Wildman–Crippen LogP) is 14.7. The van der Waals surface area contributed by atoms with Gasteiger partial charge in [-0.1, -0.05) is 158 Å². The molecule has 3 heterocycles. The Morgan fingerprint density at radius 3 is 1.63 bits per heavy atom. The van der Waals surface area contributed by atoms with E-state index in [0.29, 0.717) is 5.82 Å². The third kappa shape index (κ3) is 5.07. The average molecular weight is 723 g/mol. The maximum atomic E-state index is 5.49. The first-order chi connectivity index (χ1) is 26.8. The van der Waals surface area contributed by atoms with Crippen LogP contribution in [0.1, 0.15) is 0 Å². The number of aromatic nitrogens is 2. The van der Waals surface area contributed by atoms with Crippen LogP contribution in [0.5, 0.6) is 0 Å². The molecule has 0 aliphatic rings. The van der Waals surface area contributed by atoms with Crippen LogP contribution in [0.15, 0.2) is 182 Å². The van der Waals surface area contributed by atoms with E-state index in [-0.39, 0.29) is 0 Å². The Labute approximate surface area is 320 Å². The summed E-state index contributed by atoms with van der Waals surface area (Å²) < 4.78 is 5.18. The van der Waals surface area contributed by atoms with Crippen molar-refractivity contribution in [2.24, 2.45) is 0 Å². The molecule has 0 saturated heterocycles. The van der Waals surface area contributed by atoms with E-state index in [1.54, 1.807) is 0 Å². The molecule has 11 aromatic rings. The molecule has 0 atom stereocenters. The highest BCUT2D eigenvalue weighted by Gasteiger charge is 2.20. The lowest BCUT2D eigenvalue weighted by atomic mass is 9.91. The van der Waals surface area contributed by atoms with Crippen molar-refractivity contribution in [3.05, 3.63) is 182 Å². The summed E-state index contributed by atoms with van der Waals surface area (Å²) in [5, 5.41) is 7.47. The van der Waals surface area contributed by atoms with Crippen molar-refractivity contribution in [3.63, 3.8) is 0 Å². The van der Waals surface area contributed by atoms with E-state index in [9.17, 15) is 0 Å². The van der Waals surface area contributed by atoms with E-state index >= 15 is 0 Å². The van der Waals surface area contributed by atoms with Crippen molar-refractivity contribution in [2.45, 2.75) is 0 Å². The summed E-state index contributed by atoms with van der Waals surface area (Å²) in [5.41, 5.74) is 9.71. The van der Waals surface area contributed by atoms with Gasteiger partial charge in [0.15, 0.2) is 5.82 Å². The molecule has 0 N–H and O–H groups in total. The van der Waals surface area contributed by atoms with Crippen LogP contribution < -0.4 is 0 Å². The smallest absolute Gasteiger partial charge is 0.161 e. The number of hydrogen-bond acceptors (Lipinski definition) is 4. The number of thiophene rings is 2. The standard InChI is InChI=1S/C50H30N2S2/c1-2-14-32(15-3-1)44-30-45(52-50(51-44)42-24-10-16-31-13-4-5-17-34(31)42)43-29-33(35-20-11-22-40-37-18-6-8-25-46(37)53-48(35)40)27-28-36(43)39-21-12-23-41-38-19-7-9-26-47(38)54-49(39)41/h1-30H.